The summed E-state index contributed by atoms with van der Waals surface area (Å²) >= 11 is 0. The number of aromatic nitrogens is 1. The van der Waals surface area contributed by atoms with Crippen molar-refractivity contribution in [2.45, 2.75) is 40.3 Å². The molecule has 0 saturated carbocycles. The molecule has 2 N–H and O–H groups in total. The molecule has 2 heterocycles. The van der Waals surface area contributed by atoms with Crippen LogP contribution in [0, 0.1) is 20.8 Å². The number of ketones is 1. The highest BCUT2D eigenvalue weighted by Gasteiger charge is 2.28. The predicted molar refractivity (Wildman–Crippen MR) is 117 cm³/mol. The molecule has 0 aliphatic carbocycles. The highest BCUT2D eigenvalue weighted by Crippen LogP contribution is 2.18. The number of Topliss-reactive ketones (excluding diaryl/α,β-unsaturated/α-hetero) is 1. The number of likely N-dealkylation sites (N-methyl/N-ethyl adjacent to an activating group) is 1. The fourth-order valence-electron chi connectivity index (χ4n) is 3.56. The molecule has 1 unspecified atom stereocenters. The summed E-state index contributed by atoms with van der Waals surface area (Å²) in [5, 5.41) is 2.90. The highest BCUT2D eigenvalue weighted by atomic mass is 16.3. The molecule has 0 bridgehead atoms. The first-order valence-electron chi connectivity index (χ1n) is 10.2. The number of amides is 1. The molecule has 0 aliphatic heterocycles. The summed E-state index contributed by atoms with van der Waals surface area (Å²) < 4.78 is 7.53. The van der Waals surface area contributed by atoms with Crippen molar-refractivity contribution in [2.24, 2.45) is 0 Å². The third kappa shape index (κ3) is 4.89. The quantitative estimate of drug-likeness (QED) is 0.563. The van der Waals surface area contributed by atoms with E-state index in [0.717, 1.165) is 33.3 Å². The van der Waals surface area contributed by atoms with Gasteiger partial charge in [0.1, 0.15) is 11.8 Å². The van der Waals surface area contributed by atoms with Gasteiger partial charge in [-0.25, -0.2) is 0 Å². The average Bonchev–Trinajstić information content (AvgIpc) is 3.32. The van der Waals surface area contributed by atoms with Crippen LogP contribution in [-0.2, 0) is 11.3 Å². The topological polar surface area (TPSA) is 68.7 Å². The van der Waals surface area contributed by atoms with Gasteiger partial charge in [-0.15, -0.1) is 0 Å². The Bertz CT molecular complexity index is 1020. The van der Waals surface area contributed by atoms with E-state index in [2.05, 4.69) is 9.88 Å². The minimum atomic E-state index is -0.341. The zero-order valence-electron chi connectivity index (χ0n) is 18.3. The van der Waals surface area contributed by atoms with E-state index in [1.54, 1.807) is 6.26 Å². The van der Waals surface area contributed by atoms with Gasteiger partial charge in [0.05, 0.1) is 19.9 Å². The van der Waals surface area contributed by atoms with E-state index in [0.29, 0.717) is 12.1 Å². The summed E-state index contributed by atoms with van der Waals surface area (Å²) in [7, 11) is 1.87. The van der Waals surface area contributed by atoms with Gasteiger partial charge in [-0.05, 0) is 58.0 Å². The number of rotatable bonds is 8. The second-order valence-electron chi connectivity index (χ2n) is 7.97. The van der Waals surface area contributed by atoms with Crippen LogP contribution in [0.3, 0.4) is 0 Å². The number of hydrogen-bond donors (Lipinski definition) is 2. The summed E-state index contributed by atoms with van der Waals surface area (Å²) in [6, 6.07) is 13.0. The van der Waals surface area contributed by atoms with Gasteiger partial charge in [0.25, 0.3) is 5.91 Å². The number of furan rings is 1. The van der Waals surface area contributed by atoms with Gasteiger partial charge in [0.15, 0.2) is 6.54 Å². The molecule has 0 radical (unpaired) electrons. The summed E-state index contributed by atoms with van der Waals surface area (Å²) in [6.07, 6.45) is 1.65. The smallest absolute Gasteiger partial charge is 0.279 e. The van der Waals surface area contributed by atoms with Gasteiger partial charge >= 0.3 is 0 Å². The largest absolute Gasteiger partial charge is 0.467 e. The molecular weight excluding hydrogens is 378 g/mol. The average molecular weight is 409 g/mol. The molecule has 30 heavy (non-hydrogen) atoms. The van der Waals surface area contributed by atoms with Crippen LogP contribution in [0.15, 0.2) is 53.1 Å². The van der Waals surface area contributed by atoms with Crippen LogP contribution in [0.4, 0.5) is 5.69 Å². The Kier molecular flexibility index (Phi) is 6.57. The SMILES string of the molecule is Cc1ccc(NC(=O)C[NH+](C)[C@@H](C)C(=O)c2cc(C)n(Cc3ccco3)c2C)cc1. The number of benzene rings is 1. The molecule has 1 aromatic carbocycles. The lowest BCUT2D eigenvalue weighted by Gasteiger charge is -2.20. The molecule has 0 spiro atoms. The molecule has 6 heteroatoms. The van der Waals surface area contributed by atoms with Gasteiger partial charge < -0.3 is 19.2 Å². The Morgan fingerprint density at radius 2 is 1.83 bits per heavy atom. The van der Waals surface area contributed by atoms with Crippen molar-refractivity contribution in [2.75, 3.05) is 18.9 Å². The van der Waals surface area contributed by atoms with Crippen molar-refractivity contribution >= 4 is 17.4 Å². The lowest BCUT2D eigenvalue weighted by atomic mass is 10.0. The molecule has 3 rings (SSSR count). The second kappa shape index (κ2) is 9.13. The van der Waals surface area contributed by atoms with Gasteiger partial charge in [-0.2, -0.15) is 0 Å². The van der Waals surface area contributed by atoms with Crippen LogP contribution in [0.1, 0.15) is 40.0 Å². The number of nitrogens with zero attached hydrogens (tertiary/aromatic N) is 1. The number of carbonyl (C=O) groups excluding carboxylic acids is 2. The zero-order chi connectivity index (χ0) is 21.8. The Labute approximate surface area is 177 Å². The molecule has 3 aromatic rings. The van der Waals surface area contributed by atoms with Crippen LogP contribution in [0.2, 0.25) is 0 Å². The number of anilines is 1. The van der Waals surface area contributed by atoms with Crippen molar-refractivity contribution in [3.05, 3.63) is 77.0 Å². The van der Waals surface area contributed by atoms with Crippen LogP contribution < -0.4 is 10.2 Å². The number of carbonyl (C=O) groups is 2. The van der Waals surface area contributed by atoms with Crippen molar-refractivity contribution in [1.29, 1.82) is 0 Å². The van der Waals surface area contributed by atoms with E-state index in [9.17, 15) is 9.59 Å². The van der Waals surface area contributed by atoms with Gasteiger partial charge in [-0.1, -0.05) is 17.7 Å². The van der Waals surface area contributed by atoms with Crippen LogP contribution in [-0.4, -0.2) is 35.9 Å². The fraction of sp³-hybridized carbons (Fsp3) is 0.333. The third-order valence-corrected chi connectivity index (χ3v) is 5.64. The zero-order valence-corrected chi connectivity index (χ0v) is 18.3. The van der Waals surface area contributed by atoms with Crippen molar-refractivity contribution < 1.29 is 18.9 Å². The van der Waals surface area contributed by atoms with Gasteiger partial charge in [0, 0.05) is 22.6 Å². The first-order valence-corrected chi connectivity index (χ1v) is 10.2. The molecular formula is C24H30N3O3+. The summed E-state index contributed by atoms with van der Waals surface area (Å²) in [4.78, 5) is 26.4. The second-order valence-corrected chi connectivity index (χ2v) is 7.97. The van der Waals surface area contributed by atoms with E-state index < -0.39 is 0 Å². The molecule has 1 amide bonds. The number of nitrogens with one attached hydrogen (secondary N) is 2. The minimum absolute atomic E-state index is 0.0365. The standard InChI is InChI=1S/C24H29N3O3/c1-16-8-10-20(11-9-16)25-23(28)15-26(5)19(4)24(29)22-13-17(2)27(18(22)3)14-21-7-6-12-30-21/h6-13,19H,14-15H2,1-5H3,(H,25,28)/p+1/t19-/m0/s1. The number of aryl methyl sites for hydroxylation is 2. The fourth-order valence-corrected chi connectivity index (χ4v) is 3.56. The third-order valence-electron chi connectivity index (χ3n) is 5.64. The number of quaternary nitrogens is 1. The minimum Gasteiger partial charge on any atom is -0.467 e. The van der Waals surface area contributed by atoms with Crippen LogP contribution in [0.5, 0.6) is 0 Å². The summed E-state index contributed by atoms with van der Waals surface area (Å²) in [5.74, 6) is 0.771. The Morgan fingerprint density at radius 1 is 1.13 bits per heavy atom. The first kappa shape index (κ1) is 21.6. The molecule has 0 fully saturated rings. The van der Waals surface area contributed by atoms with Crippen molar-refractivity contribution in [3.8, 4) is 0 Å². The molecule has 0 saturated heterocycles. The molecule has 2 atom stereocenters. The van der Waals surface area contributed by atoms with E-state index in [1.165, 1.54) is 0 Å². The highest BCUT2D eigenvalue weighted by molar-refractivity contribution is 6.00. The molecule has 0 aliphatic rings. The lowest BCUT2D eigenvalue weighted by molar-refractivity contribution is -0.885. The van der Waals surface area contributed by atoms with E-state index in [-0.39, 0.29) is 24.3 Å². The molecule has 158 valence electrons. The maximum Gasteiger partial charge on any atom is 0.279 e. The van der Waals surface area contributed by atoms with Gasteiger partial charge in [0.2, 0.25) is 5.78 Å². The molecule has 6 nitrogen and oxygen atoms in total. The Morgan fingerprint density at radius 3 is 2.47 bits per heavy atom. The maximum absolute atomic E-state index is 13.2. The number of hydrogen-bond acceptors (Lipinski definition) is 3. The van der Waals surface area contributed by atoms with Crippen molar-refractivity contribution in [3.63, 3.8) is 0 Å². The lowest BCUT2D eigenvalue weighted by Crippen LogP contribution is -3.14. The summed E-state index contributed by atoms with van der Waals surface area (Å²) in [5.41, 5.74) is 4.52. The normalized spacial score (nSPS) is 13.1. The van der Waals surface area contributed by atoms with Gasteiger partial charge in [-0.3, -0.25) is 9.59 Å². The molecule has 2 aromatic heterocycles. The van der Waals surface area contributed by atoms with Crippen molar-refractivity contribution in [1.82, 2.24) is 4.57 Å². The van der Waals surface area contributed by atoms with Crippen LogP contribution in [0.25, 0.3) is 0 Å². The van der Waals surface area contributed by atoms with E-state index >= 15 is 0 Å². The monoisotopic (exact) mass is 408 g/mol. The first-order chi connectivity index (χ1) is 14.3. The maximum atomic E-state index is 13.2. The van der Waals surface area contributed by atoms with E-state index in [4.69, 9.17) is 4.42 Å². The summed E-state index contributed by atoms with van der Waals surface area (Å²) in [6.45, 7) is 8.62. The Hall–Kier alpha value is -3.12. The predicted octanol–water partition coefficient (Wildman–Crippen LogP) is 2.78. The Balaban J connectivity index is 1.65. The van der Waals surface area contributed by atoms with Crippen LogP contribution >= 0.6 is 0 Å². The van der Waals surface area contributed by atoms with E-state index in [1.807, 2.05) is 77.2 Å².